The van der Waals surface area contributed by atoms with Gasteiger partial charge in [0.2, 0.25) is 11.8 Å². The number of anilines is 1. The van der Waals surface area contributed by atoms with E-state index in [-0.39, 0.29) is 24.0 Å². The fourth-order valence-corrected chi connectivity index (χ4v) is 5.25. The summed E-state index contributed by atoms with van der Waals surface area (Å²) in [5, 5.41) is 13.5. The van der Waals surface area contributed by atoms with Gasteiger partial charge < -0.3 is 24.4 Å². The number of hydrogen-bond donors (Lipinski definition) is 1. The van der Waals surface area contributed by atoms with E-state index >= 15 is 0 Å². The number of rotatable bonds is 7. The minimum Gasteiger partial charge on any atom is -0.481 e. The minimum atomic E-state index is -0.579. The molecule has 0 saturated carbocycles. The quantitative estimate of drug-likeness (QED) is 0.631. The highest BCUT2D eigenvalue weighted by atomic mass is 35.5. The third-order valence-electron chi connectivity index (χ3n) is 7.16. The summed E-state index contributed by atoms with van der Waals surface area (Å²) in [5.74, 6) is 1.35. The first-order valence-electron chi connectivity index (χ1n) is 11.5. The van der Waals surface area contributed by atoms with Gasteiger partial charge in [0.25, 0.3) is 0 Å². The molecule has 0 aliphatic carbocycles. The Morgan fingerprint density at radius 1 is 1.18 bits per heavy atom. The van der Waals surface area contributed by atoms with Gasteiger partial charge in [-0.2, -0.15) is 5.26 Å². The predicted octanol–water partition coefficient (Wildman–Crippen LogP) is 3.19. The third-order valence-corrected chi connectivity index (χ3v) is 7.45. The third kappa shape index (κ3) is 4.63. The standard InChI is InChI=1S/C24H31ClN6O3/c1-15-14-31(18-9-22(33-4)28-10-17(18)25)8-5-19(15)34-23-13-27-21(12-29-23)24(6-7-26)16(2)20(32-3)11-30-24/h9-10,12-13,15-16,19-20,30H,5-6,8,11,14H2,1-4H3/t15-,16-,19-,20+,24+/m1/s1. The van der Waals surface area contributed by atoms with Crippen molar-refractivity contribution in [2.45, 2.75) is 44.4 Å². The van der Waals surface area contributed by atoms with Gasteiger partial charge >= 0.3 is 0 Å². The van der Waals surface area contributed by atoms with Gasteiger partial charge in [0, 0.05) is 51.1 Å². The van der Waals surface area contributed by atoms with Crippen LogP contribution in [0, 0.1) is 23.2 Å². The van der Waals surface area contributed by atoms with Crippen molar-refractivity contribution in [2.75, 3.05) is 38.8 Å². The van der Waals surface area contributed by atoms with Crippen LogP contribution in [-0.4, -0.2) is 61.0 Å². The number of halogens is 1. The number of nitrogens with zero attached hydrogens (tertiary/aromatic N) is 5. The zero-order valence-corrected chi connectivity index (χ0v) is 20.7. The molecule has 2 saturated heterocycles. The Hall–Kier alpha value is -2.67. The summed E-state index contributed by atoms with van der Waals surface area (Å²) in [6, 6.07) is 4.16. The highest BCUT2D eigenvalue weighted by molar-refractivity contribution is 6.33. The second-order valence-corrected chi connectivity index (χ2v) is 9.44. The van der Waals surface area contributed by atoms with Gasteiger partial charge in [-0.05, 0) is 0 Å². The van der Waals surface area contributed by atoms with Crippen molar-refractivity contribution in [1.82, 2.24) is 20.3 Å². The maximum atomic E-state index is 9.45. The highest BCUT2D eigenvalue weighted by Crippen LogP contribution is 2.39. The maximum Gasteiger partial charge on any atom is 0.232 e. The van der Waals surface area contributed by atoms with Crippen LogP contribution in [0.4, 0.5) is 5.69 Å². The summed E-state index contributed by atoms with van der Waals surface area (Å²) in [6.07, 6.45) is 6.13. The van der Waals surface area contributed by atoms with Crippen molar-refractivity contribution in [3.63, 3.8) is 0 Å². The number of hydrogen-bond acceptors (Lipinski definition) is 9. The van der Waals surface area contributed by atoms with Crippen LogP contribution >= 0.6 is 11.6 Å². The Morgan fingerprint density at radius 2 is 1.97 bits per heavy atom. The summed E-state index contributed by atoms with van der Waals surface area (Å²) in [6.45, 7) is 6.48. The maximum absolute atomic E-state index is 9.45. The van der Waals surface area contributed by atoms with Crippen LogP contribution in [-0.2, 0) is 10.3 Å². The van der Waals surface area contributed by atoms with Crippen molar-refractivity contribution in [2.24, 2.45) is 11.8 Å². The van der Waals surface area contributed by atoms with E-state index in [1.807, 2.05) is 6.07 Å². The molecule has 4 heterocycles. The first-order valence-corrected chi connectivity index (χ1v) is 11.9. The van der Waals surface area contributed by atoms with E-state index in [1.54, 1.807) is 32.8 Å². The van der Waals surface area contributed by atoms with E-state index < -0.39 is 5.54 Å². The molecule has 182 valence electrons. The topological polar surface area (TPSA) is 105 Å². The smallest absolute Gasteiger partial charge is 0.232 e. The zero-order valence-electron chi connectivity index (χ0n) is 20.0. The number of methoxy groups -OCH3 is 2. The largest absolute Gasteiger partial charge is 0.481 e. The van der Waals surface area contributed by atoms with Crippen molar-refractivity contribution in [3.05, 3.63) is 35.4 Å². The van der Waals surface area contributed by atoms with Crippen LogP contribution in [0.25, 0.3) is 0 Å². The Kier molecular flexibility index (Phi) is 7.41. The van der Waals surface area contributed by atoms with Crippen molar-refractivity contribution >= 4 is 17.3 Å². The molecule has 10 heteroatoms. The average Bonchev–Trinajstić information content (AvgIpc) is 3.17. The Labute approximate surface area is 205 Å². The number of piperidine rings is 1. The van der Waals surface area contributed by atoms with Crippen LogP contribution in [0.15, 0.2) is 24.7 Å². The van der Waals surface area contributed by atoms with E-state index in [2.05, 4.69) is 45.1 Å². The molecule has 2 aromatic rings. The van der Waals surface area contributed by atoms with E-state index in [0.717, 1.165) is 30.9 Å². The molecule has 0 radical (unpaired) electrons. The lowest BCUT2D eigenvalue weighted by Crippen LogP contribution is -2.45. The van der Waals surface area contributed by atoms with Gasteiger partial charge in [0.05, 0.1) is 66.2 Å². The minimum absolute atomic E-state index is 0.00776. The SMILES string of the molecule is COc1cc(N2CC[C@@H](Oc3cnc([C@@]4(CC#N)NC[C@H](OC)[C@H]4C)cn3)[C@H](C)C2)c(Cl)cn1. The molecule has 34 heavy (non-hydrogen) atoms. The molecule has 0 amide bonds. The van der Waals surface area contributed by atoms with Crippen LogP contribution in [0.3, 0.4) is 0 Å². The number of aromatic nitrogens is 3. The molecule has 2 aromatic heterocycles. The molecule has 2 aliphatic rings. The van der Waals surface area contributed by atoms with Gasteiger partial charge in [-0.15, -0.1) is 0 Å². The van der Waals surface area contributed by atoms with Crippen LogP contribution in [0.1, 0.15) is 32.4 Å². The molecule has 2 aliphatic heterocycles. The highest BCUT2D eigenvalue weighted by Gasteiger charge is 2.48. The number of ether oxygens (including phenoxy) is 3. The lowest BCUT2D eigenvalue weighted by molar-refractivity contribution is 0.0692. The molecule has 4 rings (SSSR count). The molecular formula is C24H31ClN6O3. The second-order valence-electron chi connectivity index (χ2n) is 9.04. The monoisotopic (exact) mass is 486 g/mol. The summed E-state index contributed by atoms with van der Waals surface area (Å²) in [7, 11) is 3.29. The summed E-state index contributed by atoms with van der Waals surface area (Å²) < 4.78 is 17.1. The van der Waals surface area contributed by atoms with Crippen LogP contribution in [0.5, 0.6) is 11.8 Å². The fraction of sp³-hybridized carbons (Fsp3) is 0.583. The van der Waals surface area contributed by atoms with Crippen molar-refractivity contribution in [1.29, 1.82) is 5.26 Å². The molecule has 0 spiro atoms. The Morgan fingerprint density at radius 3 is 2.59 bits per heavy atom. The fourth-order valence-electron chi connectivity index (χ4n) is 5.03. The lowest BCUT2D eigenvalue weighted by atomic mass is 9.80. The molecule has 2 fully saturated rings. The van der Waals surface area contributed by atoms with Gasteiger partial charge in [-0.3, -0.25) is 4.98 Å². The zero-order chi connectivity index (χ0) is 24.3. The molecule has 0 bridgehead atoms. The Bertz CT molecular complexity index is 1030. The van der Waals surface area contributed by atoms with E-state index in [0.29, 0.717) is 29.7 Å². The van der Waals surface area contributed by atoms with Gasteiger partial charge in [0.15, 0.2) is 0 Å². The molecule has 0 unspecified atom stereocenters. The normalized spacial score (nSPS) is 29.0. The van der Waals surface area contributed by atoms with Crippen molar-refractivity contribution < 1.29 is 14.2 Å². The number of nitriles is 1. The van der Waals surface area contributed by atoms with E-state index in [1.165, 1.54) is 0 Å². The van der Waals surface area contributed by atoms with E-state index in [4.69, 9.17) is 25.8 Å². The van der Waals surface area contributed by atoms with Gasteiger partial charge in [0.1, 0.15) is 6.10 Å². The first kappa shape index (κ1) is 24.5. The van der Waals surface area contributed by atoms with Gasteiger partial charge in [-0.25, -0.2) is 9.97 Å². The molecule has 1 N–H and O–H groups in total. The van der Waals surface area contributed by atoms with Gasteiger partial charge in [-0.1, -0.05) is 25.4 Å². The summed E-state index contributed by atoms with van der Waals surface area (Å²) in [4.78, 5) is 15.6. The molecule has 9 nitrogen and oxygen atoms in total. The lowest BCUT2D eigenvalue weighted by Gasteiger charge is -2.38. The van der Waals surface area contributed by atoms with Crippen LogP contribution < -0.4 is 19.7 Å². The Balaban J connectivity index is 1.43. The predicted molar refractivity (Wildman–Crippen MR) is 128 cm³/mol. The van der Waals surface area contributed by atoms with E-state index in [9.17, 15) is 5.26 Å². The van der Waals surface area contributed by atoms with Crippen LogP contribution in [0.2, 0.25) is 5.02 Å². The molecule has 5 atom stereocenters. The first-order chi connectivity index (χ1) is 16.4. The summed E-state index contributed by atoms with van der Waals surface area (Å²) in [5.41, 5.74) is 1.07. The molecule has 0 aromatic carbocycles. The van der Waals surface area contributed by atoms with Crippen molar-refractivity contribution in [3.8, 4) is 17.8 Å². The average molecular weight is 487 g/mol. The second kappa shape index (κ2) is 10.3. The number of nitrogens with one attached hydrogen (secondary N) is 1. The summed E-state index contributed by atoms with van der Waals surface area (Å²) >= 11 is 6.39. The molecular weight excluding hydrogens is 456 g/mol. The number of pyridine rings is 1.